The van der Waals surface area contributed by atoms with E-state index in [1.165, 1.54) is 76.6 Å². The summed E-state index contributed by atoms with van der Waals surface area (Å²) in [4.78, 5) is 68.3. The first-order valence-corrected chi connectivity index (χ1v) is 48.9. The van der Waals surface area contributed by atoms with E-state index >= 15 is 19.2 Å². The number of imide groups is 2. The van der Waals surface area contributed by atoms with Crippen molar-refractivity contribution in [3.05, 3.63) is 434 Å². The third-order valence-electron chi connectivity index (χ3n) is 32.0. The summed E-state index contributed by atoms with van der Waals surface area (Å²) in [6, 6.07) is 46.1. The van der Waals surface area contributed by atoms with Crippen molar-refractivity contribution in [2.75, 3.05) is 9.80 Å². The van der Waals surface area contributed by atoms with Crippen LogP contribution in [0.25, 0.3) is 0 Å². The number of anilines is 2. The molecule has 4 atom stereocenters. The van der Waals surface area contributed by atoms with Crippen molar-refractivity contribution in [3.8, 4) is 23.0 Å². The van der Waals surface area contributed by atoms with Crippen molar-refractivity contribution >= 4 is 35.0 Å². The van der Waals surface area contributed by atoms with E-state index in [9.17, 15) is 0 Å². The van der Waals surface area contributed by atoms with Gasteiger partial charge in [0, 0.05) is 116 Å². The van der Waals surface area contributed by atoms with Crippen LogP contribution >= 0.6 is 0 Å². The Morgan fingerprint density at radius 3 is 0.664 bits per heavy atom. The van der Waals surface area contributed by atoms with Crippen LogP contribution in [-0.4, -0.2) is 23.6 Å². The van der Waals surface area contributed by atoms with E-state index < -0.39 is 23.7 Å². The average molecular weight is 1760 g/mol. The number of fused-ring (bicyclic) bond motifs is 12. The number of benzene rings is 6. The van der Waals surface area contributed by atoms with Gasteiger partial charge < -0.3 is 18.9 Å². The second kappa shape index (κ2) is 30.3. The Morgan fingerprint density at radius 2 is 0.463 bits per heavy atom. The quantitative estimate of drug-likeness (QED) is 0.0992. The fraction of sp³-hybridized carbons (Fsp3) is 0.323. The number of allylic oxidation sites excluding steroid dienone is 36. The Balaban J connectivity index is 0.648. The molecule has 4 saturated carbocycles. The molecule has 134 heavy (non-hydrogen) atoms. The first-order valence-electron chi connectivity index (χ1n) is 48.9. The molecule has 10 heteroatoms. The average Bonchev–Trinajstić information content (AvgIpc) is 1.16. The number of carbonyl (C=O) groups excluding carboxylic acids is 4. The van der Waals surface area contributed by atoms with E-state index in [0.717, 1.165) is 66.8 Å². The van der Waals surface area contributed by atoms with Gasteiger partial charge in [0.1, 0.15) is 46.0 Å². The van der Waals surface area contributed by atoms with Crippen LogP contribution in [0.5, 0.6) is 23.0 Å². The molecule has 0 spiro atoms. The molecule has 4 amide bonds. The lowest BCUT2D eigenvalue weighted by molar-refractivity contribution is -0.126. The Hall–Kier alpha value is -12.9. The zero-order valence-electron chi connectivity index (χ0n) is 80.6. The maximum atomic E-state index is 16.3. The summed E-state index contributed by atoms with van der Waals surface area (Å²) >= 11 is 0. The summed E-state index contributed by atoms with van der Waals surface area (Å²) in [7, 11) is 0. The monoisotopic (exact) mass is 1760 g/mol. The molecular formula is C124H118N2O8. The molecule has 2 saturated heterocycles. The van der Waals surface area contributed by atoms with Gasteiger partial charge in [-0.1, -0.05) is 343 Å². The molecule has 672 valence electrons. The number of piperidine rings is 2. The van der Waals surface area contributed by atoms with Gasteiger partial charge in [-0.15, -0.1) is 0 Å². The SMILES string of the molecule is CC(C)c1cccc(C(C)C)c1N1C(=O)C2=CC(Oc3ccc(C(C)(C)C)cc3)=C3C4=CC=C5C6C=C7/C=C\C8=CC9C%10=CC=C%11C%12=C(Oc%13ccc(C(C)(C)C)cc%13)C=C%13C(=O)N(c%14c(C(C)C)cccc%14C(C)C)C(=O)C%14=CC(Oc%15ccc(C(C)(C)C)cc%15)=C(C%15=CC=C(C9C=C8/C=C\C7=CC6C6=CC=C(C7=C(Oc8ccc(C(C)(C)C)cc8)C=C(C1=O)C2C37)C4C56)C%10C%11%15)C%12C%13%14. The van der Waals surface area contributed by atoms with Gasteiger partial charge in [-0.3, -0.25) is 19.2 Å². The topological polar surface area (TPSA) is 112 Å². The second-order valence-corrected chi connectivity index (χ2v) is 45.3. The van der Waals surface area contributed by atoms with Crippen LogP contribution < -0.4 is 28.7 Å². The lowest BCUT2D eigenvalue weighted by Gasteiger charge is -2.52. The lowest BCUT2D eigenvalue weighted by Crippen LogP contribution is -2.53. The first kappa shape index (κ1) is 85.3. The molecule has 10 nitrogen and oxygen atoms in total. The molecule has 0 N–H and O–H groups in total. The van der Waals surface area contributed by atoms with Gasteiger partial charge in [0.15, 0.2) is 0 Å². The van der Waals surface area contributed by atoms with Gasteiger partial charge in [-0.25, -0.2) is 9.80 Å². The van der Waals surface area contributed by atoms with Gasteiger partial charge in [0.2, 0.25) is 0 Å². The van der Waals surface area contributed by atoms with Crippen LogP contribution in [0.1, 0.15) is 207 Å². The molecule has 6 aromatic rings. The number of nitrogens with zero attached hydrogens (tertiary/aromatic N) is 2. The van der Waals surface area contributed by atoms with Crippen LogP contribution in [0.15, 0.2) is 389 Å². The summed E-state index contributed by atoms with van der Waals surface area (Å²) in [5, 5.41) is 0. The molecule has 0 bridgehead atoms. The molecule has 0 radical (unpaired) electrons. The van der Waals surface area contributed by atoms with Crippen LogP contribution in [0.3, 0.4) is 0 Å². The molecule has 4 unspecified atom stereocenters. The minimum Gasteiger partial charge on any atom is -0.457 e. The summed E-state index contributed by atoms with van der Waals surface area (Å²) in [6.07, 6.45) is 46.8. The molecular weight excluding hydrogens is 1650 g/mol. The van der Waals surface area contributed by atoms with Crippen molar-refractivity contribution in [2.24, 2.45) is 71.0 Å². The second-order valence-electron chi connectivity index (χ2n) is 45.3. The highest BCUT2D eigenvalue weighted by atomic mass is 16.5. The number of rotatable bonds is 14. The zero-order chi connectivity index (χ0) is 93.2. The fourth-order valence-corrected chi connectivity index (χ4v) is 25.3. The Bertz CT molecular complexity index is 6270. The molecule has 6 aromatic carbocycles. The highest BCUT2D eigenvalue weighted by Gasteiger charge is 2.64. The molecule has 23 rings (SSSR count). The Labute approximate surface area is 789 Å². The lowest BCUT2D eigenvalue weighted by atomic mass is 9.52. The van der Waals surface area contributed by atoms with E-state index in [4.69, 9.17) is 18.9 Å². The Kier molecular flexibility index (Phi) is 19.3. The summed E-state index contributed by atoms with van der Waals surface area (Å²) in [6.45, 7) is 43.7. The molecule has 0 aromatic heterocycles. The van der Waals surface area contributed by atoms with Crippen molar-refractivity contribution in [1.82, 2.24) is 0 Å². The van der Waals surface area contributed by atoms with Gasteiger partial charge in [0.25, 0.3) is 23.6 Å². The van der Waals surface area contributed by atoms with E-state index in [1.54, 1.807) is 0 Å². The summed E-state index contributed by atoms with van der Waals surface area (Å²) < 4.78 is 29.8. The minimum atomic E-state index is -0.633. The smallest absolute Gasteiger partial charge is 0.262 e. The van der Waals surface area contributed by atoms with Crippen molar-refractivity contribution in [2.45, 2.75) is 184 Å². The van der Waals surface area contributed by atoms with E-state index in [2.05, 4.69) is 369 Å². The predicted octanol–water partition coefficient (Wildman–Crippen LogP) is 27.7. The summed E-state index contributed by atoms with van der Waals surface area (Å²) in [5.74, 6) is 1.40. The van der Waals surface area contributed by atoms with E-state index in [0.29, 0.717) is 79.7 Å². The number of carbonyl (C=O) groups is 4. The summed E-state index contributed by atoms with van der Waals surface area (Å²) in [5.41, 5.74) is 30.2. The van der Waals surface area contributed by atoms with Crippen molar-refractivity contribution in [3.63, 3.8) is 0 Å². The van der Waals surface area contributed by atoms with Gasteiger partial charge >= 0.3 is 0 Å². The molecule has 6 fully saturated rings. The first-order chi connectivity index (χ1) is 63.9. The van der Waals surface area contributed by atoms with Gasteiger partial charge in [0.05, 0.1) is 11.4 Å². The normalized spacial score (nSPS) is 26.8. The minimum absolute atomic E-state index is 0.0112. The number of ether oxygens (including phenoxy) is 4. The predicted molar refractivity (Wildman–Crippen MR) is 535 cm³/mol. The Morgan fingerprint density at radius 1 is 0.254 bits per heavy atom. The molecule has 17 aliphatic rings. The third kappa shape index (κ3) is 13.0. The highest BCUT2D eigenvalue weighted by molar-refractivity contribution is 6.31. The maximum absolute atomic E-state index is 16.3. The highest BCUT2D eigenvalue weighted by Crippen LogP contribution is 2.70. The van der Waals surface area contributed by atoms with Crippen LogP contribution in [0.4, 0.5) is 11.4 Å². The van der Waals surface area contributed by atoms with Crippen LogP contribution in [0, 0.1) is 71.0 Å². The third-order valence-corrected chi connectivity index (χ3v) is 32.0. The number of amides is 4. The van der Waals surface area contributed by atoms with Gasteiger partial charge in [-0.2, -0.15) is 0 Å². The molecule has 15 aliphatic carbocycles. The molecule has 2 heterocycles. The standard InChI is InChI=1S/C124H118N2O8/c1-63(2)79-23-21-24-80(64(3)4)115(79)125-117(127)95-59-99(131-75-39-31-71(32-40-75)121(9,10)11)109-87-51-47-83-91-55-67-27-29-69-57-93-85-49-53-89-106-90(54-50-86(104(85)106)94(93)58-70(69)30-28-68(67)56-92(91)84-48-52-88(105(87)103(83)84)110-100(60-96(118(125)128)107(95)113(109)110)132-76-41-33-72(34-42-76)122(12,13)14)112-102(134-78-45-37-74(38-46-78)124(18,19)20)62-98-108-97(61-101(111(89)114(108)112)133-77-43-35-73(36-44-77)123(15,16)17)119(129)126(120(98)130)116-81(65(5)6)25-22-26-82(116)66(7)8/h21-66,91-94,103-108,113-114H,1-20H3/b29-27-,30-28-. The molecule has 2 aliphatic heterocycles. The van der Waals surface area contributed by atoms with Crippen LogP contribution in [0.2, 0.25) is 0 Å². The van der Waals surface area contributed by atoms with Crippen molar-refractivity contribution < 1.29 is 38.1 Å². The zero-order valence-corrected chi connectivity index (χ0v) is 80.6. The fourth-order valence-electron chi connectivity index (χ4n) is 25.3. The largest absolute Gasteiger partial charge is 0.457 e. The van der Waals surface area contributed by atoms with Crippen molar-refractivity contribution in [1.29, 1.82) is 0 Å². The maximum Gasteiger partial charge on any atom is 0.262 e. The number of hydrogen-bond acceptors (Lipinski definition) is 8. The van der Waals surface area contributed by atoms with Gasteiger partial charge in [-0.05, 0) is 207 Å². The number of hydrogen-bond donors (Lipinski definition) is 0. The van der Waals surface area contributed by atoms with Crippen LogP contribution in [-0.2, 0) is 40.8 Å². The van der Waals surface area contributed by atoms with E-state index in [1.807, 2.05) is 24.3 Å². The number of para-hydroxylation sites is 2. The van der Waals surface area contributed by atoms with E-state index in [-0.39, 0.29) is 116 Å².